The summed E-state index contributed by atoms with van der Waals surface area (Å²) in [6.45, 7) is 0.528. The Morgan fingerprint density at radius 2 is 1.52 bits per heavy atom. The second-order valence-electron chi connectivity index (χ2n) is 8.83. The van der Waals surface area contributed by atoms with Crippen LogP contribution >= 0.6 is 15.9 Å². The standard InChI is InChI=1S/C31H22BrFN2O5/c32-27-17-21(9-14-28(27)40-19-22-7-4-8-23(33)15-22)16-26-29(36)34-31(38)35(30(26)37)24-10-12-25(13-11-24)39-18-20-5-2-1-3-6-20/h1-17H,18-19H2,(H,34,36,38)/b26-16+. The first-order valence-corrected chi connectivity index (χ1v) is 13.0. The quantitative estimate of drug-likeness (QED) is 0.186. The number of barbiturate groups is 1. The van der Waals surface area contributed by atoms with Gasteiger partial charge in [-0.15, -0.1) is 0 Å². The number of benzene rings is 4. The molecule has 0 bridgehead atoms. The number of halogens is 2. The van der Waals surface area contributed by atoms with Crippen molar-refractivity contribution in [3.63, 3.8) is 0 Å². The number of nitrogens with zero attached hydrogens (tertiary/aromatic N) is 1. The smallest absolute Gasteiger partial charge is 0.335 e. The molecule has 0 aromatic heterocycles. The van der Waals surface area contributed by atoms with Crippen LogP contribution in [0.4, 0.5) is 14.9 Å². The van der Waals surface area contributed by atoms with Gasteiger partial charge in [-0.3, -0.25) is 14.9 Å². The van der Waals surface area contributed by atoms with E-state index in [9.17, 15) is 18.8 Å². The zero-order chi connectivity index (χ0) is 28.1. The molecule has 0 saturated carbocycles. The summed E-state index contributed by atoms with van der Waals surface area (Å²) in [6.07, 6.45) is 1.40. The molecular weight excluding hydrogens is 579 g/mol. The molecule has 4 aromatic carbocycles. The van der Waals surface area contributed by atoms with Crippen molar-refractivity contribution >= 4 is 45.5 Å². The van der Waals surface area contributed by atoms with Gasteiger partial charge in [0.05, 0.1) is 10.2 Å². The van der Waals surface area contributed by atoms with Gasteiger partial charge in [0.1, 0.15) is 36.1 Å². The first-order valence-electron chi connectivity index (χ1n) is 12.2. The van der Waals surface area contributed by atoms with E-state index in [1.807, 2.05) is 30.3 Å². The third-order valence-electron chi connectivity index (χ3n) is 6.00. The van der Waals surface area contributed by atoms with E-state index in [1.165, 1.54) is 18.2 Å². The Hall–Kier alpha value is -4.76. The van der Waals surface area contributed by atoms with Crippen LogP contribution < -0.4 is 19.7 Å². The summed E-state index contributed by atoms with van der Waals surface area (Å²) in [5.74, 6) is -0.839. The Balaban J connectivity index is 1.29. The lowest BCUT2D eigenvalue weighted by atomic mass is 10.1. The highest BCUT2D eigenvalue weighted by Crippen LogP contribution is 2.29. The van der Waals surface area contributed by atoms with Crippen LogP contribution in [-0.2, 0) is 22.8 Å². The van der Waals surface area contributed by atoms with Crippen molar-refractivity contribution in [2.24, 2.45) is 0 Å². The molecule has 5 rings (SSSR count). The average Bonchev–Trinajstić information content (AvgIpc) is 2.95. The van der Waals surface area contributed by atoms with Crippen molar-refractivity contribution in [1.29, 1.82) is 0 Å². The Morgan fingerprint density at radius 1 is 0.800 bits per heavy atom. The van der Waals surface area contributed by atoms with E-state index >= 15 is 0 Å². The first kappa shape index (κ1) is 26.8. The van der Waals surface area contributed by atoms with Gasteiger partial charge in [0.2, 0.25) is 0 Å². The minimum atomic E-state index is -0.840. The summed E-state index contributed by atoms with van der Waals surface area (Å²) in [5, 5.41) is 2.22. The summed E-state index contributed by atoms with van der Waals surface area (Å²) < 4.78 is 25.5. The van der Waals surface area contributed by atoms with E-state index in [-0.39, 0.29) is 23.7 Å². The third-order valence-corrected chi connectivity index (χ3v) is 6.61. The van der Waals surface area contributed by atoms with Crippen molar-refractivity contribution in [2.45, 2.75) is 13.2 Å². The SMILES string of the molecule is O=C1NC(=O)N(c2ccc(OCc3ccccc3)cc2)C(=O)/C1=C/c1ccc(OCc2cccc(F)c2)c(Br)c1. The fraction of sp³-hybridized carbons (Fsp3) is 0.0645. The predicted octanol–water partition coefficient (Wildman–Crippen LogP) is 6.41. The fourth-order valence-corrected chi connectivity index (χ4v) is 4.51. The van der Waals surface area contributed by atoms with Crippen LogP contribution in [0.5, 0.6) is 11.5 Å². The molecule has 0 radical (unpaired) electrons. The topological polar surface area (TPSA) is 84.9 Å². The van der Waals surface area contributed by atoms with Crippen molar-refractivity contribution in [3.8, 4) is 11.5 Å². The molecule has 0 spiro atoms. The highest BCUT2D eigenvalue weighted by molar-refractivity contribution is 9.10. The maximum Gasteiger partial charge on any atom is 0.335 e. The molecule has 1 N–H and O–H groups in total. The second kappa shape index (κ2) is 12.0. The molecule has 9 heteroatoms. The lowest BCUT2D eigenvalue weighted by Crippen LogP contribution is -2.54. The lowest BCUT2D eigenvalue weighted by molar-refractivity contribution is -0.122. The molecule has 0 aliphatic carbocycles. The number of anilines is 1. The minimum absolute atomic E-state index is 0.158. The fourth-order valence-electron chi connectivity index (χ4n) is 4.00. The van der Waals surface area contributed by atoms with Crippen LogP contribution in [0.1, 0.15) is 16.7 Å². The van der Waals surface area contributed by atoms with Gasteiger partial charge in [0.25, 0.3) is 11.8 Å². The molecule has 0 atom stereocenters. The van der Waals surface area contributed by atoms with Crippen molar-refractivity contribution in [3.05, 3.63) is 130 Å². The molecule has 4 aromatic rings. The van der Waals surface area contributed by atoms with Gasteiger partial charge in [-0.1, -0.05) is 48.5 Å². The monoisotopic (exact) mass is 600 g/mol. The number of urea groups is 1. The van der Waals surface area contributed by atoms with E-state index in [2.05, 4.69) is 21.2 Å². The van der Waals surface area contributed by atoms with Gasteiger partial charge in [-0.2, -0.15) is 0 Å². The third kappa shape index (κ3) is 6.27. The van der Waals surface area contributed by atoms with Crippen LogP contribution in [0.2, 0.25) is 0 Å². The van der Waals surface area contributed by atoms with E-state index in [0.29, 0.717) is 33.7 Å². The normalized spacial score (nSPS) is 14.3. The number of carbonyl (C=O) groups is 3. The van der Waals surface area contributed by atoms with E-state index in [1.54, 1.807) is 54.6 Å². The van der Waals surface area contributed by atoms with Crippen LogP contribution in [-0.4, -0.2) is 17.8 Å². The van der Waals surface area contributed by atoms with Crippen molar-refractivity contribution < 1.29 is 28.2 Å². The molecule has 1 fully saturated rings. The number of hydrogen-bond donors (Lipinski definition) is 1. The summed E-state index contributed by atoms with van der Waals surface area (Å²) in [4.78, 5) is 39.3. The number of hydrogen-bond acceptors (Lipinski definition) is 5. The van der Waals surface area contributed by atoms with E-state index in [0.717, 1.165) is 10.5 Å². The zero-order valence-electron chi connectivity index (χ0n) is 21.0. The molecule has 0 unspecified atom stereocenters. The van der Waals surface area contributed by atoms with Crippen molar-refractivity contribution in [2.75, 3.05) is 4.90 Å². The molecule has 40 heavy (non-hydrogen) atoms. The second-order valence-corrected chi connectivity index (χ2v) is 9.69. The number of ether oxygens (including phenoxy) is 2. The molecule has 4 amide bonds. The molecule has 1 aliphatic heterocycles. The lowest BCUT2D eigenvalue weighted by Gasteiger charge is -2.26. The average molecular weight is 601 g/mol. The molecule has 1 aliphatic rings. The minimum Gasteiger partial charge on any atom is -0.489 e. The largest absolute Gasteiger partial charge is 0.489 e. The molecule has 1 saturated heterocycles. The highest BCUT2D eigenvalue weighted by atomic mass is 79.9. The maximum atomic E-state index is 13.4. The van der Waals surface area contributed by atoms with Gasteiger partial charge in [-0.25, -0.2) is 14.1 Å². The van der Waals surface area contributed by atoms with Crippen molar-refractivity contribution in [1.82, 2.24) is 5.32 Å². The number of imide groups is 2. The molecular formula is C31H22BrFN2O5. The van der Waals surface area contributed by atoms with Crippen LogP contribution in [0.15, 0.2) is 107 Å². The maximum absolute atomic E-state index is 13.4. The predicted molar refractivity (Wildman–Crippen MR) is 151 cm³/mol. The summed E-state index contributed by atoms with van der Waals surface area (Å²) in [6, 6.07) is 26.4. The molecule has 1 heterocycles. The van der Waals surface area contributed by atoms with Gasteiger partial charge >= 0.3 is 6.03 Å². The summed E-state index contributed by atoms with van der Waals surface area (Å²) in [7, 11) is 0. The molecule has 7 nitrogen and oxygen atoms in total. The van der Waals surface area contributed by atoms with Gasteiger partial charge in [0.15, 0.2) is 0 Å². The van der Waals surface area contributed by atoms with Gasteiger partial charge in [-0.05, 0) is 87.2 Å². The summed E-state index contributed by atoms with van der Waals surface area (Å²) in [5.41, 5.74) is 2.29. The van der Waals surface area contributed by atoms with Crippen LogP contribution in [0, 0.1) is 5.82 Å². The molecule has 200 valence electrons. The van der Waals surface area contributed by atoms with Gasteiger partial charge in [0, 0.05) is 0 Å². The van der Waals surface area contributed by atoms with E-state index < -0.39 is 17.8 Å². The summed E-state index contributed by atoms with van der Waals surface area (Å²) >= 11 is 3.43. The van der Waals surface area contributed by atoms with E-state index in [4.69, 9.17) is 9.47 Å². The Labute approximate surface area is 238 Å². The Morgan fingerprint density at radius 3 is 2.25 bits per heavy atom. The number of rotatable bonds is 8. The van der Waals surface area contributed by atoms with Crippen LogP contribution in [0.25, 0.3) is 6.08 Å². The first-order chi connectivity index (χ1) is 19.4. The highest BCUT2D eigenvalue weighted by Gasteiger charge is 2.36. The number of amides is 4. The zero-order valence-corrected chi connectivity index (χ0v) is 22.6. The number of carbonyl (C=O) groups excluding carboxylic acids is 3. The Bertz CT molecular complexity index is 1610. The van der Waals surface area contributed by atoms with Gasteiger partial charge < -0.3 is 9.47 Å². The Kier molecular flexibility index (Phi) is 8.02. The number of nitrogens with one attached hydrogen (secondary N) is 1. The van der Waals surface area contributed by atoms with Crippen LogP contribution in [0.3, 0.4) is 0 Å².